The van der Waals surface area contributed by atoms with Crippen LogP contribution in [0.15, 0.2) is 48.5 Å². The van der Waals surface area contributed by atoms with Crippen LogP contribution in [0.2, 0.25) is 0 Å². The number of amides is 2. The maximum atomic E-state index is 12.7. The Morgan fingerprint density at radius 3 is 2.65 bits per heavy atom. The second-order valence-corrected chi connectivity index (χ2v) is 6.31. The van der Waals surface area contributed by atoms with E-state index in [0.717, 1.165) is 23.4 Å². The van der Waals surface area contributed by atoms with E-state index >= 15 is 0 Å². The highest BCUT2D eigenvalue weighted by Crippen LogP contribution is 2.33. The summed E-state index contributed by atoms with van der Waals surface area (Å²) in [6.07, 6.45) is 1.05. The number of ether oxygens (including phenoxy) is 1. The molecule has 26 heavy (non-hydrogen) atoms. The molecule has 0 radical (unpaired) electrons. The molecule has 2 aromatic rings. The first-order valence-electron chi connectivity index (χ1n) is 9.05. The number of anilines is 2. The molecule has 1 atom stereocenters. The Labute approximate surface area is 154 Å². The van der Waals surface area contributed by atoms with Crippen molar-refractivity contribution in [1.29, 1.82) is 0 Å². The van der Waals surface area contributed by atoms with Crippen molar-refractivity contribution in [3.8, 4) is 5.75 Å². The third-order valence-corrected chi connectivity index (χ3v) is 4.61. The van der Waals surface area contributed by atoms with Crippen molar-refractivity contribution in [1.82, 2.24) is 0 Å². The van der Waals surface area contributed by atoms with Gasteiger partial charge >= 0.3 is 0 Å². The van der Waals surface area contributed by atoms with Gasteiger partial charge in [0.1, 0.15) is 5.75 Å². The fraction of sp³-hybridized carbons (Fsp3) is 0.333. The second-order valence-electron chi connectivity index (χ2n) is 6.31. The van der Waals surface area contributed by atoms with Crippen molar-refractivity contribution in [2.75, 3.05) is 23.4 Å². The zero-order chi connectivity index (χ0) is 18.5. The number of rotatable bonds is 6. The van der Waals surface area contributed by atoms with Crippen molar-refractivity contribution in [3.63, 3.8) is 0 Å². The molecule has 1 N–H and O–H groups in total. The summed E-state index contributed by atoms with van der Waals surface area (Å²) in [5, 5.41) is 2.99. The molecule has 0 saturated carbocycles. The highest BCUT2D eigenvalue weighted by Gasteiger charge is 2.36. The van der Waals surface area contributed by atoms with Crippen molar-refractivity contribution < 1.29 is 14.3 Å². The lowest BCUT2D eigenvalue weighted by Crippen LogP contribution is -2.28. The van der Waals surface area contributed by atoms with Crippen LogP contribution in [0.4, 0.5) is 11.4 Å². The van der Waals surface area contributed by atoms with Crippen LogP contribution in [0.25, 0.3) is 0 Å². The van der Waals surface area contributed by atoms with Crippen LogP contribution in [-0.2, 0) is 16.0 Å². The number of nitrogens with one attached hydrogen (secondary N) is 1. The van der Waals surface area contributed by atoms with E-state index in [1.54, 1.807) is 4.90 Å². The van der Waals surface area contributed by atoms with Crippen molar-refractivity contribution in [2.24, 2.45) is 5.92 Å². The molecule has 1 saturated heterocycles. The predicted octanol–water partition coefficient (Wildman–Crippen LogP) is 3.64. The van der Waals surface area contributed by atoms with E-state index in [2.05, 4.69) is 12.2 Å². The minimum Gasteiger partial charge on any atom is -0.492 e. The summed E-state index contributed by atoms with van der Waals surface area (Å²) in [4.78, 5) is 26.9. The maximum Gasteiger partial charge on any atom is 0.229 e. The number of para-hydroxylation sites is 3. The Hall–Kier alpha value is -2.82. The number of carbonyl (C=O) groups is 2. The van der Waals surface area contributed by atoms with Crippen LogP contribution < -0.4 is 15.0 Å². The van der Waals surface area contributed by atoms with Crippen molar-refractivity contribution in [3.05, 3.63) is 54.1 Å². The van der Waals surface area contributed by atoms with Crippen LogP contribution in [-0.4, -0.2) is 25.0 Å². The lowest BCUT2D eigenvalue weighted by atomic mass is 10.1. The Balaban J connectivity index is 1.74. The molecule has 1 heterocycles. The lowest BCUT2D eigenvalue weighted by molar-refractivity contribution is -0.122. The van der Waals surface area contributed by atoms with Crippen molar-refractivity contribution >= 4 is 23.2 Å². The van der Waals surface area contributed by atoms with Gasteiger partial charge in [-0.15, -0.1) is 0 Å². The van der Waals surface area contributed by atoms with Gasteiger partial charge in [0.25, 0.3) is 0 Å². The standard InChI is InChI=1S/C21H24N2O3/c1-3-15-9-5-6-10-17(15)22-21(25)16-13-20(24)23(14-16)18-11-7-8-12-19(18)26-4-2/h5-12,16H,3-4,13-14H2,1-2H3,(H,22,25)/t16-/m1/s1. The van der Waals surface area contributed by atoms with Gasteiger partial charge in [0.05, 0.1) is 18.2 Å². The molecule has 1 aliphatic rings. The highest BCUT2D eigenvalue weighted by molar-refractivity contribution is 6.04. The molecular formula is C21H24N2O3. The van der Waals surface area contributed by atoms with Gasteiger partial charge in [0.15, 0.2) is 0 Å². The molecule has 0 unspecified atom stereocenters. The van der Waals surface area contributed by atoms with Gasteiger partial charge in [-0.1, -0.05) is 37.3 Å². The van der Waals surface area contributed by atoms with E-state index in [-0.39, 0.29) is 24.2 Å². The zero-order valence-corrected chi connectivity index (χ0v) is 15.2. The maximum absolute atomic E-state index is 12.7. The van der Waals surface area contributed by atoms with E-state index in [1.807, 2.05) is 55.5 Å². The summed E-state index contributed by atoms with van der Waals surface area (Å²) in [6, 6.07) is 15.2. The summed E-state index contributed by atoms with van der Waals surface area (Å²) in [7, 11) is 0. The molecule has 0 aliphatic carbocycles. The average molecular weight is 352 g/mol. The van der Waals surface area contributed by atoms with E-state index in [9.17, 15) is 9.59 Å². The van der Waals surface area contributed by atoms with E-state index < -0.39 is 0 Å². The Kier molecular flexibility index (Phi) is 5.56. The van der Waals surface area contributed by atoms with Gasteiger partial charge in [0.2, 0.25) is 11.8 Å². The van der Waals surface area contributed by atoms with E-state index in [1.165, 1.54) is 0 Å². The number of benzene rings is 2. The Morgan fingerprint density at radius 2 is 1.88 bits per heavy atom. The molecule has 136 valence electrons. The zero-order valence-electron chi connectivity index (χ0n) is 15.2. The molecule has 0 bridgehead atoms. The minimum atomic E-state index is -0.373. The van der Waals surface area contributed by atoms with Gasteiger partial charge in [-0.05, 0) is 37.1 Å². The number of nitrogens with zero attached hydrogens (tertiary/aromatic N) is 1. The topological polar surface area (TPSA) is 58.6 Å². The number of carbonyl (C=O) groups excluding carboxylic acids is 2. The number of hydrogen-bond acceptors (Lipinski definition) is 3. The molecule has 3 rings (SSSR count). The average Bonchev–Trinajstić information content (AvgIpc) is 3.04. The summed E-state index contributed by atoms with van der Waals surface area (Å²) >= 11 is 0. The Morgan fingerprint density at radius 1 is 1.15 bits per heavy atom. The van der Waals surface area contributed by atoms with Gasteiger partial charge < -0.3 is 15.0 Å². The highest BCUT2D eigenvalue weighted by atomic mass is 16.5. The first-order valence-corrected chi connectivity index (χ1v) is 9.05. The normalized spacial score (nSPS) is 16.6. The molecule has 2 aromatic carbocycles. The predicted molar refractivity (Wildman–Crippen MR) is 103 cm³/mol. The summed E-state index contributed by atoms with van der Waals surface area (Å²) < 4.78 is 5.62. The lowest BCUT2D eigenvalue weighted by Gasteiger charge is -2.20. The number of hydrogen-bond donors (Lipinski definition) is 1. The van der Waals surface area contributed by atoms with Gasteiger partial charge in [-0.3, -0.25) is 9.59 Å². The molecule has 0 spiro atoms. The molecule has 0 aromatic heterocycles. The molecule has 2 amide bonds. The molecular weight excluding hydrogens is 328 g/mol. The van der Waals surface area contributed by atoms with Crippen LogP contribution in [0.1, 0.15) is 25.8 Å². The molecule has 1 aliphatic heterocycles. The van der Waals surface area contributed by atoms with E-state index in [0.29, 0.717) is 18.9 Å². The molecule has 5 heteroatoms. The Bertz CT molecular complexity index is 803. The summed E-state index contributed by atoms with van der Waals surface area (Å²) in [5.74, 6) is 0.125. The monoisotopic (exact) mass is 352 g/mol. The van der Waals surface area contributed by atoms with Gasteiger partial charge in [-0.25, -0.2) is 0 Å². The van der Waals surface area contributed by atoms with Crippen LogP contribution in [0.3, 0.4) is 0 Å². The van der Waals surface area contributed by atoms with Crippen LogP contribution in [0, 0.1) is 5.92 Å². The minimum absolute atomic E-state index is 0.0546. The quantitative estimate of drug-likeness (QED) is 0.863. The van der Waals surface area contributed by atoms with Crippen molar-refractivity contribution in [2.45, 2.75) is 26.7 Å². The summed E-state index contributed by atoms with van der Waals surface area (Å²) in [6.45, 7) is 4.85. The van der Waals surface area contributed by atoms with Gasteiger partial charge in [-0.2, -0.15) is 0 Å². The fourth-order valence-electron chi connectivity index (χ4n) is 3.26. The molecule has 5 nitrogen and oxygen atoms in total. The molecule has 1 fully saturated rings. The summed E-state index contributed by atoms with van der Waals surface area (Å²) in [5.41, 5.74) is 2.63. The van der Waals surface area contributed by atoms with Gasteiger partial charge in [0, 0.05) is 18.7 Å². The third-order valence-electron chi connectivity index (χ3n) is 4.61. The smallest absolute Gasteiger partial charge is 0.229 e. The van der Waals surface area contributed by atoms with Crippen LogP contribution in [0.5, 0.6) is 5.75 Å². The first-order chi connectivity index (χ1) is 12.6. The fourth-order valence-corrected chi connectivity index (χ4v) is 3.26. The van der Waals surface area contributed by atoms with E-state index in [4.69, 9.17) is 4.74 Å². The number of aryl methyl sites for hydroxylation is 1. The third kappa shape index (κ3) is 3.72. The SMILES string of the molecule is CCOc1ccccc1N1C[C@H](C(=O)Nc2ccccc2CC)CC1=O. The first kappa shape index (κ1) is 18.0. The second kappa shape index (κ2) is 8.04. The largest absolute Gasteiger partial charge is 0.492 e. The van der Waals surface area contributed by atoms with Crippen LogP contribution >= 0.6 is 0 Å².